The van der Waals surface area contributed by atoms with Gasteiger partial charge in [0.2, 0.25) is 0 Å². The lowest BCUT2D eigenvalue weighted by atomic mass is 10.1. The highest BCUT2D eigenvalue weighted by Gasteiger charge is 2.17. The number of nitrogens with one attached hydrogen (secondary N) is 1. The van der Waals surface area contributed by atoms with E-state index in [1.807, 2.05) is 12.1 Å². The molecule has 3 heteroatoms. The van der Waals surface area contributed by atoms with Crippen molar-refractivity contribution in [3.8, 4) is 0 Å². The van der Waals surface area contributed by atoms with Crippen molar-refractivity contribution in [3.05, 3.63) is 59.4 Å². The van der Waals surface area contributed by atoms with E-state index in [0.717, 1.165) is 36.4 Å². The molecule has 116 valence electrons. The lowest BCUT2D eigenvalue weighted by Gasteiger charge is -2.22. The van der Waals surface area contributed by atoms with E-state index in [4.69, 9.17) is 0 Å². The fourth-order valence-corrected chi connectivity index (χ4v) is 3.03. The molecule has 0 unspecified atom stereocenters. The van der Waals surface area contributed by atoms with Crippen LogP contribution in [0.5, 0.6) is 0 Å². The third-order valence-corrected chi connectivity index (χ3v) is 4.37. The quantitative estimate of drug-likeness (QED) is 0.868. The SMILES string of the molecule is CCc1ccc(NCc2c(F)cccc2N2CCCC2)cc1. The van der Waals surface area contributed by atoms with Crippen molar-refractivity contribution in [2.75, 3.05) is 23.3 Å². The smallest absolute Gasteiger partial charge is 0.130 e. The predicted molar refractivity (Wildman–Crippen MR) is 91.0 cm³/mol. The van der Waals surface area contributed by atoms with Gasteiger partial charge in [0.1, 0.15) is 5.82 Å². The first-order chi connectivity index (χ1) is 10.8. The van der Waals surface area contributed by atoms with Crippen LogP contribution < -0.4 is 10.2 Å². The highest BCUT2D eigenvalue weighted by atomic mass is 19.1. The Kier molecular flexibility index (Phi) is 4.62. The number of halogens is 1. The minimum Gasteiger partial charge on any atom is -0.381 e. The van der Waals surface area contributed by atoms with Gasteiger partial charge in [-0.15, -0.1) is 0 Å². The van der Waals surface area contributed by atoms with Crippen LogP contribution in [0.4, 0.5) is 15.8 Å². The molecule has 1 saturated heterocycles. The Labute approximate surface area is 132 Å². The molecule has 0 spiro atoms. The van der Waals surface area contributed by atoms with Gasteiger partial charge in [0, 0.05) is 36.6 Å². The zero-order chi connectivity index (χ0) is 15.4. The van der Waals surface area contributed by atoms with Gasteiger partial charge >= 0.3 is 0 Å². The first-order valence-corrected chi connectivity index (χ1v) is 8.13. The first-order valence-electron chi connectivity index (χ1n) is 8.13. The zero-order valence-corrected chi connectivity index (χ0v) is 13.1. The highest BCUT2D eigenvalue weighted by molar-refractivity contribution is 5.56. The Balaban J connectivity index is 1.76. The summed E-state index contributed by atoms with van der Waals surface area (Å²) >= 11 is 0. The molecule has 2 aromatic rings. The molecule has 1 heterocycles. The van der Waals surface area contributed by atoms with E-state index in [-0.39, 0.29) is 5.82 Å². The maximum absolute atomic E-state index is 14.3. The number of benzene rings is 2. The predicted octanol–water partition coefficient (Wildman–Crippen LogP) is 4.60. The van der Waals surface area contributed by atoms with E-state index >= 15 is 0 Å². The molecule has 1 aliphatic heterocycles. The lowest BCUT2D eigenvalue weighted by Crippen LogP contribution is -2.20. The fraction of sp³-hybridized carbons (Fsp3) is 0.368. The van der Waals surface area contributed by atoms with Crippen LogP contribution in [0.3, 0.4) is 0 Å². The van der Waals surface area contributed by atoms with E-state index in [1.165, 1.54) is 18.4 Å². The Morgan fingerprint density at radius 1 is 1.05 bits per heavy atom. The Morgan fingerprint density at radius 2 is 1.77 bits per heavy atom. The second kappa shape index (κ2) is 6.82. The van der Waals surface area contributed by atoms with E-state index in [2.05, 4.69) is 41.4 Å². The number of aryl methyl sites for hydroxylation is 1. The second-order valence-corrected chi connectivity index (χ2v) is 5.84. The minimum absolute atomic E-state index is 0.123. The average molecular weight is 298 g/mol. The van der Waals surface area contributed by atoms with Crippen molar-refractivity contribution >= 4 is 11.4 Å². The van der Waals surface area contributed by atoms with E-state index < -0.39 is 0 Å². The summed E-state index contributed by atoms with van der Waals surface area (Å²) < 4.78 is 14.3. The number of hydrogen-bond donors (Lipinski definition) is 1. The molecule has 0 aromatic heterocycles. The van der Waals surface area contributed by atoms with Crippen LogP contribution in [-0.4, -0.2) is 13.1 Å². The summed E-state index contributed by atoms with van der Waals surface area (Å²) in [4.78, 5) is 2.29. The Morgan fingerprint density at radius 3 is 2.45 bits per heavy atom. The summed E-state index contributed by atoms with van der Waals surface area (Å²) in [5.74, 6) is -0.123. The van der Waals surface area contributed by atoms with Gasteiger partial charge in [-0.2, -0.15) is 0 Å². The number of hydrogen-bond acceptors (Lipinski definition) is 2. The van der Waals surface area contributed by atoms with Crippen LogP contribution in [-0.2, 0) is 13.0 Å². The molecular weight excluding hydrogens is 275 g/mol. The van der Waals surface area contributed by atoms with Crippen LogP contribution >= 0.6 is 0 Å². The summed E-state index contributed by atoms with van der Waals surface area (Å²) in [6.07, 6.45) is 3.43. The van der Waals surface area contributed by atoms with Crippen molar-refractivity contribution < 1.29 is 4.39 Å². The van der Waals surface area contributed by atoms with Crippen LogP contribution in [0.1, 0.15) is 30.9 Å². The first kappa shape index (κ1) is 14.9. The van der Waals surface area contributed by atoms with Gasteiger partial charge in [-0.1, -0.05) is 25.1 Å². The maximum atomic E-state index is 14.3. The van der Waals surface area contributed by atoms with Crippen molar-refractivity contribution in [3.63, 3.8) is 0 Å². The number of anilines is 2. The topological polar surface area (TPSA) is 15.3 Å². The van der Waals surface area contributed by atoms with Crippen LogP contribution in [0.2, 0.25) is 0 Å². The molecule has 0 amide bonds. The molecule has 0 atom stereocenters. The molecule has 0 radical (unpaired) electrons. The van der Waals surface area contributed by atoms with Crippen molar-refractivity contribution in [2.24, 2.45) is 0 Å². The number of nitrogens with zero attached hydrogens (tertiary/aromatic N) is 1. The van der Waals surface area contributed by atoms with Crippen LogP contribution in [0, 0.1) is 5.82 Å². The van der Waals surface area contributed by atoms with Crippen LogP contribution in [0.15, 0.2) is 42.5 Å². The third kappa shape index (κ3) is 3.24. The molecule has 1 aliphatic rings. The fourth-order valence-electron chi connectivity index (χ4n) is 3.03. The second-order valence-electron chi connectivity index (χ2n) is 5.84. The van der Waals surface area contributed by atoms with Gasteiger partial charge in [-0.25, -0.2) is 4.39 Å². The normalized spacial score (nSPS) is 14.4. The van der Waals surface area contributed by atoms with Crippen LogP contribution in [0.25, 0.3) is 0 Å². The zero-order valence-electron chi connectivity index (χ0n) is 13.1. The van der Waals surface area contributed by atoms with Crippen molar-refractivity contribution in [1.82, 2.24) is 0 Å². The van der Waals surface area contributed by atoms with Gasteiger partial charge in [0.25, 0.3) is 0 Å². The van der Waals surface area contributed by atoms with E-state index in [1.54, 1.807) is 6.07 Å². The van der Waals surface area contributed by atoms with Gasteiger partial charge in [0.15, 0.2) is 0 Å². The summed E-state index contributed by atoms with van der Waals surface area (Å²) in [6.45, 7) is 4.72. The summed E-state index contributed by atoms with van der Waals surface area (Å²) in [6, 6.07) is 13.8. The van der Waals surface area contributed by atoms with Gasteiger partial charge < -0.3 is 10.2 Å². The molecule has 1 fully saturated rings. The summed E-state index contributed by atoms with van der Waals surface area (Å²) in [7, 11) is 0. The van der Waals surface area contributed by atoms with Gasteiger partial charge in [-0.3, -0.25) is 0 Å². The third-order valence-electron chi connectivity index (χ3n) is 4.37. The summed E-state index contributed by atoms with van der Waals surface area (Å²) in [5.41, 5.74) is 4.15. The Bertz CT molecular complexity index is 616. The van der Waals surface area contributed by atoms with E-state index in [0.29, 0.717) is 6.54 Å². The molecule has 22 heavy (non-hydrogen) atoms. The average Bonchev–Trinajstić information content (AvgIpc) is 3.08. The van der Waals surface area contributed by atoms with Gasteiger partial charge in [-0.05, 0) is 49.1 Å². The monoisotopic (exact) mass is 298 g/mol. The highest BCUT2D eigenvalue weighted by Crippen LogP contribution is 2.27. The molecule has 2 aromatic carbocycles. The molecular formula is C19H23FN2. The molecule has 2 nitrogen and oxygen atoms in total. The lowest BCUT2D eigenvalue weighted by molar-refractivity contribution is 0.612. The largest absolute Gasteiger partial charge is 0.381 e. The molecule has 1 N–H and O–H groups in total. The van der Waals surface area contributed by atoms with Crippen molar-refractivity contribution in [2.45, 2.75) is 32.7 Å². The Hall–Kier alpha value is -2.03. The van der Waals surface area contributed by atoms with Gasteiger partial charge in [0.05, 0.1) is 0 Å². The molecule has 0 bridgehead atoms. The number of rotatable bonds is 5. The minimum atomic E-state index is -0.123. The maximum Gasteiger partial charge on any atom is 0.130 e. The molecule has 0 aliphatic carbocycles. The standard InChI is InChI=1S/C19H23FN2/c1-2-15-8-10-16(11-9-15)21-14-17-18(20)6-5-7-19(17)22-12-3-4-13-22/h5-11,21H,2-4,12-14H2,1H3. The molecule has 0 saturated carbocycles. The molecule has 3 rings (SSSR count). The van der Waals surface area contributed by atoms with Crippen molar-refractivity contribution in [1.29, 1.82) is 0 Å². The summed E-state index contributed by atoms with van der Waals surface area (Å²) in [5, 5.41) is 3.35. The van der Waals surface area contributed by atoms with E-state index in [9.17, 15) is 4.39 Å².